The second-order valence-electron chi connectivity index (χ2n) is 8.96. The summed E-state index contributed by atoms with van der Waals surface area (Å²) in [5, 5.41) is 13.7. The van der Waals surface area contributed by atoms with E-state index < -0.39 is 5.60 Å². The molecule has 1 amide bonds. The Labute approximate surface area is 175 Å². The van der Waals surface area contributed by atoms with Crippen molar-refractivity contribution in [3.05, 3.63) is 52.5 Å². The molecule has 6 heteroatoms. The van der Waals surface area contributed by atoms with E-state index in [9.17, 15) is 9.90 Å². The minimum Gasteiger partial charge on any atom is -0.380 e. The first-order chi connectivity index (χ1) is 14.1. The van der Waals surface area contributed by atoms with Crippen molar-refractivity contribution in [2.75, 3.05) is 19.7 Å². The smallest absolute Gasteiger partial charge is 0.233 e. The molecule has 1 aromatic carbocycles. The standard InChI is InChI=1S/C23H28N2O3S/c26-20(22(8-4-5-9-22)18-6-2-1-3-7-18)25-13-10-21(11-14-25)16-23(27,17-28-21)19-24-12-15-29-19/h1-3,6-7,12,15,27H,4-5,8-11,13-14,16-17H2. The summed E-state index contributed by atoms with van der Waals surface area (Å²) in [7, 11) is 0. The minimum absolute atomic E-state index is 0.282. The lowest BCUT2D eigenvalue weighted by Gasteiger charge is -2.42. The van der Waals surface area contributed by atoms with E-state index in [1.54, 1.807) is 6.20 Å². The van der Waals surface area contributed by atoms with Crippen LogP contribution in [0, 0.1) is 0 Å². The van der Waals surface area contributed by atoms with Crippen LogP contribution in [0.25, 0.3) is 0 Å². The number of amides is 1. The molecule has 3 heterocycles. The maximum Gasteiger partial charge on any atom is 0.233 e. The maximum absolute atomic E-state index is 13.7. The van der Waals surface area contributed by atoms with Crippen molar-refractivity contribution in [2.24, 2.45) is 0 Å². The second-order valence-corrected chi connectivity index (χ2v) is 9.86. The highest BCUT2D eigenvalue weighted by atomic mass is 32.1. The Hall–Kier alpha value is -1.76. The molecule has 0 bridgehead atoms. The predicted molar refractivity (Wildman–Crippen MR) is 112 cm³/mol. The molecule has 1 unspecified atom stereocenters. The summed E-state index contributed by atoms with van der Waals surface area (Å²) < 4.78 is 6.16. The highest BCUT2D eigenvalue weighted by Crippen LogP contribution is 2.47. The summed E-state index contributed by atoms with van der Waals surface area (Å²) in [5.74, 6) is 0.282. The first-order valence-electron chi connectivity index (χ1n) is 10.7. The van der Waals surface area contributed by atoms with Crippen LogP contribution in [-0.4, -0.2) is 46.2 Å². The Morgan fingerprint density at radius 3 is 2.48 bits per heavy atom. The zero-order valence-electron chi connectivity index (χ0n) is 16.7. The van der Waals surface area contributed by atoms with Gasteiger partial charge in [-0.3, -0.25) is 4.79 Å². The van der Waals surface area contributed by atoms with Gasteiger partial charge in [-0.2, -0.15) is 0 Å². The van der Waals surface area contributed by atoms with E-state index in [4.69, 9.17) is 4.74 Å². The zero-order valence-corrected chi connectivity index (χ0v) is 17.5. The second kappa shape index (κ2) is 7.18. The number of benzene rings is 1. The van der Waals surface area contributed by atoms with Gasteiger partial charge in [-0.05, 0) is 31.2 Å². The molecule has 1 aromatic heterocycles. The number of likely N-dealkylation sites (tertiary alicyclic amines) is 1. The van der Waals surface area contributed by atoms with Gasteiger partial charge < -0.3 is 14.7 Å². The van der Waals surface area contributed by atoms with E-state index in [0.717, 1.165) is 49.1 Å². The molecular formula is C23H28N2O3S. The number of nitrogens with zero attached hydrogens (tertiary/aromatic N) is 2. The van der Waals surface area contributed by atoms with Crippen LogP contribution in [0.3, 0.4) is 0 Å². The number of thiazole rings is 1. The van der Waals surface area contributed by atoms with Crippen LogP contribution < -0.4 is 0 Å². The van der Waals surface area contributed by atoms with Crippen LogP contribution in [0.2, 0.25) is 0 Å². The van der Waals surface area contributed by atoms with Gasteiger partial charge in [0.15, 0.2) is 0 Å². The number of hydrogen-bond acceptors (Lipinski definition) is 5. The monoisotopic (exact) mass is 412 g/mol. The molecule has 0 radical (unpaired) electrons. The Balaban J connectivity index is 1.30. The number of hydrogen-bond donors (Lipinski definition) is 1. The number of aromatic nitrogens is 1. The summed E-state index contributed by atoms with van der Waals surface area (Å²) in [5.41, 5.74) is -0.522. The lowest BCUT2D eigenvalue weighted by atomic mass is 9.76. The fourth-order valence-electron chi connectivity index (χ4n) is 5.60. The highest BCUT2D eigenvalue weighted by Gasteiger charge is 2.53. The van der Waals surface area contributed by atoms with Gasteiger partial charge in [0.25, 0.3) is 0 Å². The summed E-state index contributed by atoms with van der Waals surface area (Å²) in [4.78, 5) is 20.0. The van der Waals surface area contributed by atoms with Crippen molar-refractivity contribution in [3.63, 3.8) is 0 Å². The first kappa shape index (κ1) is 19.2. The van der Waals surface area contributed by atoms with Gasteiger partial charge in [0.05, 0.1) is 17.6 Å². The molecule has 2 aromatic rings. The predicted octanol–water partition coefficient (Wildman–Crippen LogP) is 3.62. The van der Waals surface area contributed by atoms with Crippen LogP contribution in [-0.2, 0) is 20.5 Å². The van der Waals surface area contributed by atoms with Gasteiger partial charge >= 0.3 is 0 Å². The van der Waals surface area contributed by atoms with Gasteiger partial charge in [0.2, 0.25) is 5.91 Å². The number of ether oxygens (including phenoxy) is 1. The number of carbonyl (C=O) groups is 1. The Bertz CT molecular complexity index is 856. The average molecular weight is 413 g/mol. The van der Waals surface area contributed by atoms with Gasteiger partial charge in [-0.1, -0.05) is 43.2 Å². The SMILES string of the molecule is O=C(N1CCC2(CC1)CC(O)(c1nccs1)CO2)C1(c2ccccc2)CCCC1. The van der Waals surface area contributed by atoms with Crippen LogP contribution in [0.4, 0.5) is 0 Å². The van der Waals surface area contributed by atoms with Crippen molar-refractivity contribution in [2.45, 2.75) is 61.6 Å². The van der Waals surface area contributed by atoms with E-state index in [-0.39, 0.29) is 16.9 Å². The maximum atomic E-state index is 13.7. The zero-order chi connectivity index (χ0) is 20.0. The Kier molecular flexibility index (Phi) is 4.76. The quantitative estimate of drug-likeness (QED) is 0.836. The van der Waals surface area contributed by atoms with Gasteiger partial charge in [0, 0.05) is 31.1 Å². The van der Waals surface area contributed by atoms with Gasteiger partial charge in [0.1, 0.15) is 10.6 Å². The van der Waals surface area contributed by atoms with Crippen molar-refractivity contribution < 1.29 is 14.6 Å². The van der Waals surface area contributed by atoms with E-state index in [1.807, 2.05) is 28.5 Å². The van der Waals surface area contributed by atoms with E-state index in [1.165, 1.54) is 11.3 Å². The molecule has 1 spiro atoms. The summed E-state index contributed by atoms with van der Waals surface area (Å²) in [6, 6.07) is 10.3. The lowest BCUT2D eigenvalue weighted by molar-refractivity contribution is -0.142. The molecule has 1 aliphatic carbocycles. The third kappa shape index (κ3) is 3.22. The van der Waals surface area contributed by atoms with Crippen LogP contribution in [0.5, 0.6) is 0 Å². The summed E-state index contributed by atoms with van der Waals surface area (Å²) >= 11 is 1.48. The average Bonchev–Trinajstić information content (AvgIpc) is 3.51. The molecule has 2 aliphatic heterocycles. The van der Waals surface area contributed by atoms with Crippen LogP contribution in [0.1, 0.15) is 55.5 Å². The first-order valence-corrected chi connectivity index (χ1v) is 11.5. The van der Waals surface area contributed by atoms with Gasteiger partial charge in [-0.15, -0.1) is 11.3 Å². The summed E-state index contributed by atoms with van der Waals surface area (Å²) in [6.07, 6.45) is 7.96. The Morgan fingerprint density at radius 2 is 1.83 bits per heavy atom. The molecule has 3 aliphatic rings. The minimum atomic E-state index is -0.989. The van der Waals surface area contributed by atoms with Crippen LogP contribution >= 0.6 is 11.3 Å². The molecule has 2 saturated heterocycles. The number of carbonyl (C=O) groups excluding carboxylic acids is 1. The van der Waals surface area contributed by atoms with Crippen molar-refractivity contribution in [3.8, 4) is 0 Å². The van der Waals surface area contributed by atoms with Gasteiger partial charge in [-0.25, -0.2) is 4.98 Å². The third-order valence-corrected chi connectivity index (χ3v) is 8.18. The Morgan fingerprint density at radius 1 is 1.10 bits per heavy atom. The number of rotatable bonds is 3. The topological polar surface area (TPSA) is 62.7 Å². The lowest BCUT2D eigenvalue weighted by Crippen LogP contribution is -2.52. The van der Waals surface area contributed by atoms with E-state index in [2.05, 4.69) is 17.1 Å². The molecule has 1 N–H and O–H groups in total. The molecule has 1 atom stereocenters. The molecule has 154 valence electrons. The van der Waals surface area contributed by atoms with E-state index >= 15 is 0 Å². The molecule has 29 heavy (non-hydrogen) atoms. The highest BCUT2D eigenvalue weighted by molar-refractivity contribution is 7.09. The fourth-order valence-corrected chi connectivity index (χ4v) is 6.32. The number of piperidine rings is 1. The van der Waals surface area contributed by atoms with Crippen molar-refractivity contribution in [1.29, 1.82) is 0 Å². The molecular weight excluding hydrogens is 384 g/mol. The van der Waals surface area contributed by atoms with Crippen LogP contribution in [0.15, 0.2) is 41.9 Å². The molecule has 1 saturated carbocycles. The molecule has 3 fully saturated rings. The van der Waals surface area contributed by atoms with E-state index in [0.29, 0.717) is 26.1 Å². The molecule has 5 nitrogen and oxygen atoms in total. The normalized spacial score (nSPS) is 28.1. The number of aliphatic hydroxyl groups is 1. The third-order valence-electron chi connectivity index (χ3n) is 7.22. The van der Waals surface area contributed by atoms with Crippen molar-refractivity contribution in [1.82, 2.24) is 9.88 Å². The molecule has 5 rings (SSSR count). The van der Waals surface area contributed by atoms with Crippen molar-refractivity contribution >= 4 is 17.2 Å². The largest absolute Gasteiger partial charge is 0.380 e. The summed E-state index contributed by atoms with van der Waals surface area (Å²) in [6.45, 7) is 1.69. The fraction of sp³-hybridized carbons (Fsp3) is 0.565.